The fourth-order valence-electron chi connectivity index (χ4n) is 3.69. The molecule has 3 aromatic rings. The predicted molar refractivity (Wildman–Crippen MR) is 103 cm³/mol. The molecule has 0 N–H and O–H groups in total. The van der Waals surface area contributed by atoms with E-state index in [1.807, 2.05) is 49.4 Å². The predicted octanol–water partition coefficient (Wildman–Crippen LogP) is 4.58. The summed E-state index contributed by atoms with van der Waals surface area (Å²) < 4.78 is 12.1. The molecule has 0 bridgehead atoms. The second-order valence-corrected chi connectivity index (χ2v) is 7.33. The Balaban J connectivity index is 1.88. The van der Waals surface area contributed by atoms with Crippen molar-refractivity contribution in [2.45, 2.75) is 27.3 Å². The number of benzene rings is 2. The Morgan fingerprint density at radius 1 is 1.12 bits per heavy atom. The lowest BCUT2D eigenvalue weighted by Crippen LogP contribution is -2.34. The van der Waals surface area contributed by atoms with Crippen LogP contribution in [0, 0.1) is 12.8 Å². The minimum Gasteiger partial charge on any atom is -0.478 e. The minimum absolute atomic E-state index is 0.0127. The Labute approximate surface area is 153 Å². The molecule has 0 aliphatic carbocycles. The third-order valence-electron chi connectivity index (χ3n) is 4.77. The van der Waals surface area contributed by atoms with Gasteiger partial charge in [-0.1, -0.05) is 44.2 Å². The summed E-state index contributed by atoms with van der Waals surface area (Å²) in [7, 11) is 0. The van der Waals surface area contributed by atoms with Gasteiger partial charge in [0.05, 0.1) is 16.5 Å². The number of rotatable bonds is 3. The van der Waals surface area contributed by atoms with E-state index in [4.69, 9.17) is 9.15 Å². The summed E-state index contributed by atoms with van der Waals surface area (Å²) >= 11 is 0. The molecule has 26 heavy (non-hydrogen) atoms. The van der Waals surface area contributed by atoms with Crippen LogP contribution in [0.5, 0.6) is 5.75 Å². The van der Waals surface area contributed by atoms with Crippen LogP contribution in [0.1, 0.15) is 25.2 Å². The normalized spacial score (nSPS) is 14.5. The molecule has 4 heteroatoms. The molecule has 1 aromatic heterocycles. The van der Waals surface area contributed by atoms with E-state index < -0.39 is 0 Å². The second kappa shape index (κ2) is 6.61. The van der Waals surface area contributed by atoms with Crippen molar-refractivity contribution in [2.75, 3.05) is 13.3 Å². The number of ether oxygens (including phenoxy) is 1. The molecule has 1 aliphatic rings. The molecule has 0 fully saturated rings. The fraction of sp³-hybridized carbons (Fsp3) is 0.318. The molecule has 0 saturated carbocycles. The van der Waals surface area contributed by atoms with Gasteiger partial charge in [0, 0.05) is 13.1 Å². The van der Waals surface area contributed by atoms with Crippen molar-refractivity contribution in [3.8, 4) is 16.9 Å². The van der Waals surface area contributed by atoms with Crippen LogP contribution in [0.15, 0.2) is 51.7 Å². The molecule has 4 nitrogen and oxygen atoms in total. The fourth-order valence-corrected chi connectivity index (χ4v) is 3.69. The largest absolute Gasteiger partial charge is 0.478 e. The van der Waals surface area contributed by atoms with Crippen LogP contribution in [-0.2, 0) is 6.54 Å². The smallest absolute Gasteiger partial charge is 0.200 e. The SMILES string of the molecule is Cc1oc2c3c(ccc2c(=O)c1-c1ccccc1)OCN(CC(C)C)C3. The van der Waals surface area contributed by atoms with Crippen molar-refractivity contribution in [1.82, 2.24) is 4.90 Å². The van der Waals surface area contributed by atoms with E-state index in [-0.39, 0.29) is 5.43 Å². The Morgan fingerprint density at radius 2 is 1.88 bits per heavy atom. The summed E-state index contributed by atoms with van der Waals surface area (Å²) in [6, 6.07) is 13.4. The molecule has 0 saturated heterocycles. The summed E-state index contributed by atoms with van der Waals surface area (Å²) in [5.41, 5.74) is 3.15. The summed E-state index contributed by atoms with van der Waals surface area (Å²) in [5, 5.41) is 0.614. The monoisotopic (exact) mass is 349 g/mol. The lowest BCUT2D eigenvalue weighted by atomic mass is 10.0. The highest BCUT2D eigenvalue weighted by Crippen LogP contribution is 2.33. The molecule has 0 amide bonds. The first-order valence-electron chi connectivity index (χ1n) is 9.04. The lowest BCUT2D eigenvalue weighted by molar-refractivity contribution is 0.0848. The van der Waals surface area contributed by atoms with Gasteiger partial charge < -0.3 is 9.15 Å². The van der Waals surface area contributed by atoms with E-state index in [9.17, 15) is 4.79 Å². The molecular weight excluding hydrogens is 326 g/mol. The molecule has 0 radical (unpaired) electrons. The van der Waals surface area contributed by atoms with Crippen LogP contribution in [0.3, 0.4) is 0 Å². The van der Waals surface area contributed by atoms with Crippen molar-refractivity contribution in [3.63, 3.8) is 0 Å². The van der Waals surface area contributed by atoms with Crippen LogP contribution in [0.2, 0.25) is 0 Å². The van der Waals surface area contributed by atoms with E-state index in [1.165, 1.54) is 0 Å². The summed E-state index contributed by atoms with van der Waals surface area (Å²) in [5.74, 6) is 2.00. The van der Waals surface area contributed by atoms with Crippen molar-refractivity contribution in [1.29, 1.82) is 0 Å². The highest BCUT2D eigenvalue weighted by atomic mass is 16.5. The Bertz CT molecular complexity index is 1010. The average molecular weight is 349 g/mol. The minimum atomic E-state index is 0.0127. The quantitative estimate of drug-likeness (QED) is 0.694. The van der Waals surface area contributed by atoms with Crippen molar-refractivity contribution >= 4 is 11.0 Å². The van der Waals surface area contributed by atoms with Gasteiger partial charge in [0.25, 0.3) is 0 Å². The zero-order valence-corrected chi connectivity index (χ0v) is 15.4. The maximum Gasteiger partial charge on any atom is 0.200 e. The van der Waals surface area contributed by atoms with Crippen LogP contribution in [-0.4, -0.2) is 18.2 Å². The van der Waals surface area contributed by atoms with Gasteiger partial charge in [-0.05, 0) is 30.5 Å². The number of aryl methyl sites for hydroxylation is 1. The van der Waals surface area contributed by atoms with E-state index in [2.05, 4.69) is 18.7 Å². The third kappa shape index (κ3) is 2.90. The Morgan fingerprint density at radius 3 is 2.62 bits per heavy atom. The van der Waals surface area contributed by atoms with Crippen LogP contribution in [0.4, 0.5) is 0 Å². The van der Waals surface area contributed by atoms with Gasteiger partial charge in [0.2, 0.25) is 5.43 Å². The number of fused-ring (bicyclic) bond motifs is 3. The molecule has 0 spiro atoms. The first kappa shape index (κ1) is 16.9. The number of hydrogen-bond acceptors (Lipinski definition) is 4. The first-order chi connectivity index (χ1) is 12.5. The maximum atomic E-state index is 13.2. The van der Waals surface area contributed by atoms with E-state index in [0.29, 0.717) is 34.9 Å². The summed E-state index contributed by atoms with van der Waals surface area (Å²) in [6.07, 6.45) is 0. The van der Waals surface area contributed by atoms with Gasteiger partial charge in [-0.15, -0.1) is 0 Å². The van der Waals surface area contributed by atoms with Gasteiger partial charge in [0.1, 0.15) is 23.8 Å². The molecular formula is C22H23NO3. The van der Waals surface area contributed by atoms with Gasteiger partial charge in [-0.25, -0.2) is 0 Å². The lowest BCUT2D eigenvalue weighted by Gasteiger charge is -2.30. The average Bonchev–Trinajstić information content (AvgIpc) is 2.62. The van der Waals surface area contributed by atoms with Crippen molar-refractivity contribution in [2.24, 2.45) is 5.92 Å². The van der Waals surface area contributed by atoms with Gasteiger partial charge in [-0.2, -0.15) is 0 Å². The highest BCUT2D eigenvalue weighted by Gasteiger charge is 2.24. The highest BCUT2D eigenvalue weighted by molar-refractivity contribution is 5.86. The standard InChI is InChI=1S/C22H23NO3/c1-14(2)11-23-12-18-19(25-13-23)10-9-17-21(24)20(15(3)26-22(17)18)16-7-5-4-6-8-16/h4-10,14H,11-13H2,1-3H3. The zero-order chi connectivity index (χ0) is 18.3. The molecule has 0 atom stereocenters. The zero-order valence-electron chi connectivity index (χ0n) is 15.4. The molecule has 1 aliphatic heterocycles. The van der Waals surface area contributed by atoms with Gasteiger partial charge in [-0.3, -0.25) is 9.69 Å². The van der Waals surface area contributed by atoms with Crippen molar-refractivity contribution in [3.05, 3.63) is 64.0 Å². The van der Waals surface area contributed by atoms with Crippen LogP contribution >= 0.6 is 0 Å². The third-order valence-corrected chi connectivity index (χ3v) is 4.77. The van der Waals surface area contributed by atoms with Crippen LogP contribution < -0.4 is 10.2 Å². The molecule has 0 unspecified atom stereocenters. The maximum absolute atomic E-state index is 13.2. The molecule has 4 rings (SSSR count). The van der Waals surface area contributed by atoms with E-state index >= 15 is 0 Å². The summed E-state index contributed by atoms with van der Waals surface area (Å²) in [6.45, 7) is 8.49. The van der Waals surface area contributed by atoms with E-state index in [1.54, 1.807) is 0 Å². The van der Waals surface area contributed by atoms with Crippen LogP contribution in [0.25, 0.3) is 22.1 Å². The summed E-state index contributed by atoms with van der Waals surface area (Å²) in [4.78, 5) is 15.4. The first-order valence-corrected chi connectivity index (χ1v) is 9.04. The molecule has 2 heterocycles. The molecule has 2 aromatic carbocycles. The number of nitrogens with zero attached hydrogens (tertiary/aromatic N) is 1. The second-order valence-electron chi connectivity index (χ2n) is 7.33. The Kier molecular flexibility index (Phi) is 4.29. The van der Waals surface area contributed by atoms with Gasteiger partial charge in [0.15, 0.2) is 0 Å². The Hall–Kier alpha value is -2.59. The topological polar surface area (TPSA) is 42.7 Å². The van der Waals surface area contributed by atoms with Crippen molar-refractivity contribution < 1.29 is 9.15 Å². The van der Waals surface area contributed by atoms with E-state index in [0.717, 1.165) is 30.0 Å². The van der Waals surface area contributed by atoms with Gasteiger partial charge >= 0.3 is 0 Å². The number of hydrogen-bond donors (Lipinski definition) is 0. The molecule has 134 valence electrons.